The standard InChI is InChI=1S/C26H27N3O4S2/c1-3-14-33-21-12-8-18(9-13-21)27-24(30)16-23-25(31)29(17-22-5-4-15-34-22)26(35-23)28-19-6-10-20(32-2)11-7-19/h4-13,15,23H,3,14,16-17H2,1-2H3,(H,27,30)/t23-/m0/s1. The monoisotopic (exact) mass is 509 g/mol. The summed E-state index contributed by atoms with van der Waals surface area (Å²) in [5, 5.41) is 4.90. The number of thiophene rings is 1. The summed E-state index contributed by atoms with van der Waals surface area (Å²) in [4.78, 5) is 33.5. The summed E-state index contributed by atoms with van der Waals surface area (Å²) in [5.74, 6) is 1.16. The number of nitrogens with zero attached hydrogens (tertiary/aromatic N) is 2. The van der Waals surface area contributed by atoms with Crippen LogP contribution in [0.1, 0.15) is 24.6 Å². The molecule has 1 fully saturated rings. The minimum absolute atomic E-state index is 0.0557. The van der Waals surface area contributed by atoms with Gasteiger partial charge in [0.15, 0.2) is 5.17 Å². The number of hydrogen-bond acceptors (Lipinski definition) is 7. The molecule has 0 unspecified atom stereocenters. The van der Waals surface area contributed by atoms with E-state index in [0.29, 0.717) is 29.7 Å². The summed E-state index contributed by atoms with van der Waals surface area (Å²) in [7, 11) is 1.61. The third-order valence-electron chi connectivity index (χ3n) is 5.19. The fourth-order valence-corrected chi connectivity index (χ4v) is 5.28. The smallest absolute Gasteiger partial charge is 0.243 e. The van der Waals surface area contributed by atoms with Crippen molar-refractivity contribution in [2.24, 2.45) is 4.99 Å². The summed E-state index contributed by atoms with van der Waals surface area (Å²) < 4.78 is 10.8. The van der Waals surface area contributed by atoms with Crippen LogP contribution in [-0.2, 0) is 16.1 Å². The van der Waals surface area contributed by atoms with Gasteiger partial charge in [0, 0.05) is 17.0 Å². The normalized spacial score (nSPS) is 16.5. The number of hydrogen-bond donors (Lipinski definition) is 1. The highest BCUT2D eigenvalue weighted by atomic mass is 32.2. The Morgan fingerprint density at radius 3 is 2.49 bits per heavy atom. The van der Waals surface area contributed by atoms with Crippen molar-refractivity contribution in [1.82, 2.24) is 4.90 Å². The SMILES string of the molecule is CCCOc1ccc(NC(=O)C[C@@H]2SC(=Nc3ccc(OC)cc3)N(Cc3cccs3)C2=O)cc1. The lowest BCUT2D eigenvalue weighted by Gasteiger charge is -2.15. The number of anilines is 1. The van der Waals surface area contributed by atoms with Crippen LogP contribution >= 0.6 is 23.1 Å². The third-order valence-corrected chi connectivity index (χ3v) is 7.23. The Kier molecular flexibility index (Phi) is 8.44. The first kappa shape index (κ1) is 24.8. The number of methoxy groups -OCH3 is 1. The molecule has 1 saturated heterocycles. The van der Waals surface area contributed by atoms with Crippen molar-refractivity contribution in [3.8, 4) is 11.5 Å². The molecule has 182 valence electrons. The van der Waals surface area contributed by atoms with Crippen LogP contribution in [0.2, 0.25) is 0 Å². The van der Waals surface area contributed by atoms with Crippen LogP contribution < -0.4 is 14.8 Å². The van der Waals surface area contributed by atoms with Crippen LogP contribution in [0.15, 0.2) is 71.0 Å². The van der Waals surface area contributed by atoms with Gasteiger partial charge in [-0.05, 0) is 66.4 Å². The Morgan fingerprint density at radius 2 is 1.83 bits per heavy atom. The molecule has 1 atom stereocenters. The molecule has 1 N–H and O–H groups in total. The topological polar surface area (TPSA) is 80.2 Å². The van der Waals surface area contributed by atoms with E-state index in [4.69, 9.17) is 14.5 Å². The molecule has 0 spiro atoms. The van der Waals surface area contributed by atoms with Gasteiger partial charge in [-0.25, -0.2) is 4.99 Å². The van der Waals surface area contributed by atoms with E-state index >= 15 is 0 Å². The maximum Gasteiger partial charge on any atom is 0.243 e. The molecule has 3 aromatic rings. The van der Waals surface area contributed by atoms with Crippen LogP contribution in [0.4, 0.5) is 11.4 Å². The van der Waals surface area contributed by atoms with Crippen LogP contribution in [-0.4, -0.2) is 40.8 Å². The molecule has 9 heteroatoms. The average Bonchev–Trinajstić information content (AvgIpc) is 3.48. The lowest BCUT2D eigenvalue weighted by atomic mass is 10.2. The second-order valence-corrected chi connectivity index (χ2v) is 10.0. The van der Waals surface area contributed by atoms with E-state index in [1.54, 1.807) is 35.5 Å². The minimum Gasteiger partial charge on any atom is -0.497 e. The number of benzene rings is 2. The number of aliphatic imine (C=N–C) groups is 1. The van der Waals surface area contributed by atoms with E-state index in [9.17, 15) is 9.59 Å². The molecular formula is C26H27N3O4S2. The number of amidine groups is 1. The highest BCUT2D eigenvalue weighted by Gasteiger charge is 2.39. The molecule has 0 radical (unpaired) electrons. The van der Waals surface area contributed by atoms with Crippen molar-refractivity contribution in [2.75, 3.05) is 19.0 Å². The lowest BCUT2D eigenvalue weighted by molar-refractivity contribution is -0.128. The number of thioether (sulfide) groups is 1. The zero-order valence-electron chi connectivity index (χ0n) is 19.6. The van der Waals surface area contributed by atoms with Gasteiger partial charge < -0.3 is 14.8 Å². The Morgan fingerprint density at radius 1 is 1.09 bits per heavy atom. The van der Waals surface area contributed by atoms with Gasteiger partial charge in [-0.2, -0.15) is 0 Å². The number of nitrogens with one attached hydrogen (secondary N) is 1. The van der Waals surface area contributed by atoms with E-state index in [2.05, 4.69) is 5.32 Å². The molecule has 2 amide bonds. The lowest BCUT2D eigenvalue weighted by Crippen LogP contribution is -2.32. The molecule has 0 saturated carbocycles. The Balaban J connectivity index is 1.45. The van der Waals surface area contributed by atoms with Crippen molar-refractivity contribution in [3.63, 3.8) is 0 Å². The summed E-state index contributed by atoms with van der Waals surface area (Å²) in [6, 6.07) is 18.5. The van der Waals surface area contributed by atoms with Crippen molar-refractivity contribution >= 4 is 51.5 Å². The van der Waals surface area contributed by atoms with Gasteiger partial charge in [0.1, 0.15) is 16.7 Å². The number of ether oxygens (including phenoxy) is 2. The van der Waals surface area contributed by atoms with E-state index in [-0.39, 0.29) is 18.2 Å². The van der Waals surface area contributed by atoms with Crippen LogP contribution in [0.5, 0.6) is 11.5 Å². The van der Waals surface area contributed by atoms with Crippen LogP contribution in [0, 0.1) is 0 Å². The molecule has 0 bridgehead atoms. The summed E-state index contributed by atoms with van der Waals surface area (Å²) in [6.07, 6.45) is 0.985. The van der Waals surface area contributed by atoms with Gasteiger partial charge in [-0.1, -0.05) is 24.8 Å². The van der Waals surface area contributed by atoms with Gasteiger partial charge in [0.25, 0.3) is 0 Å². The van der Waals surface area contributed by atoms with Gasteiger partial charge >= 0.3 is 0 Å². The minimum atomic E-state index is -0.542. The van der Waals surface area contributed by atoms with Crippen molar-refractivity contribution < 1.29 is 19.1 Å². The van der Waals surface area contributed by atoms with Gasteiger partial charge in [-0.3, -0.25) is 14.5 Å². The van der Waals surface area contributed by atoms with Gasteiger partial charge in [0.05, 0.1) is 25.9 Å². The number of carbonyl (C=O) groups excluding carboxylic acids is 2. The number of carbonyl (C=O) groups is 2. The molecule has 2 aromatic carbocycles. The first-order chi connectivity index (χ1) is 17.1. The third kappa shape index (κ3) is 6.64. The quantitative estimate of drug-likeness (QED) is 0.379. The largest absolute Gasteiger partial charge is 0.497 e. The molecule has 0 aliphatic carbocycles. The molecule has 35 heavy (non-hydrogen) atoms. The maximum atomic E-state index is 13.3. The van der Waals surface area contributed by atoms with E-state index in [0.717, 1.165) is 22.8 Å². The predicted octanol–water partition coefficient (Wildman–Crippen LogP) is 5.71. The second-order valence-electron chi connectivity index (χ2n) is 7.83. The molecule has 1 aliphatic heterocycles. The Hall–Kier alpha value is -3.30. The zero-order chi connectivity index (χ0) is 24.6. The van der Waals surface area contributed by atoms with Gasteiger partial charge in [0.2, 0.25) is 11.8 Å². The summed E-state index contributed by atoms with van der Waals surface area (Å²) in [5.41, 5.74) is 1.38. The first-order valence-electron chi connectivity index (χ1n) is 11.3. The highest BCUT2D eigenvalue weighted by molar-refractivity contribution is 8.15. The van der Waals surface area contributed by atoms with Crippen LogP contribution in [0.25, 0.3) is 0 Å². The van der Waals surface area contributed by atoms with Crippen molar-refractivity contribution in [2.45, 2.75) is 31.6 Å². The predicted molar refractivity (Wildman–Crippen MR) is 142 cm³/mol. The highest BCUT2D eigenvalue weighted by Crippen LogP contribution is 2.34. The Bertz CT molecular complexity index is 1160. The fourth-order valence-electron chi connectivity index (χ4n) is 3.43. The van der Waals surface area contributed by atoms with Crippen LogP contribution in [0.3, 0.4) is 0 Å². The molecule has 1 aliphatic rings. The average molecular weight is 510 g/mol. The molecular weight excluding hydrogens is 482 g/mol. The molecule has 4 rings (SSSR count). The Labute approximate surface area is 213 Å². The van der Waals surface area contributed by atoms with E-state index in [1.807, 2.05) is 60.8 Å². The molecule has 1 aromatic heterocycles. The maximum absolute atomic E-state index is 13.3. The van der Waals surface area contributed by atoms with Crippen molar-refractivity contribution in [3.05, 3.63) is 70.9 Å². The molecule has 7 nitrogen and oxygen atoms in total. The van der Waals surface area contributed by atoms with E-state index in [1.165, 1.54) is 11.8 Å². The zero-order valence-corrected chi connectivity index (χ0v) is 21.2. The number of rotatable bonds is 10. The van der Waals surface area contributed by atoms with Crippen molar-refractivity contribution in [1.29, 1.82) is 0 Å². The van der Waals surface area contributed by atoms with E-state index < -0.39 is 5.25 Å². The van der Waals surface area contributed by atoms with Gasteiger partial charge in [-0.15, -0.1) is 11.3 Å². The number of amides is 2. The summed E-state index contributed by atoms with van der Waals surface area (Å²) >= 11 is 2.91. The first-order valence-corrected chi connectivity index (χ1v) is 13.1. The molecule has 2 heterocycles. The second kappa shape index (κ2) is 11.9. The fraction of sp³-hybridized carbons (Fsp3) is 0.269. The summed E-state index contributed by atoms with van der Waals surface area (Å²) in [6.45, 7) is 3.12.